The van der Waals surface area contributed by atoms with Crippen molar-refractivity contribution in [3.05, 3.63) is 159 Å². The number of para-hydroxylation sites is 1. The van der Waals surface area contributed by atoms with Gasteiger partial charge in [0.25, 0.3) is 0 Å². The third-order valence-corrected chi connectivity index (χ3v) is 11.6. The number of carboxylic acid groups (broad SMARTS) is 1. The largest absolute Gasteiger partial charge is 0.506 e. The minimum absolute atomic E-state index is 0.00196. The number of aromatic nitrogens is 1. The Morgan fingerprint density at radius 3 is 2.35 bits per heavy atom. The quantitative estimate of drug-likeness (QED) is 0.0464. The summed E-state index contributed by atoms with van der Waals surface area (Å²) in [5.41, 5.74) is 7.42. The lowest BCUT2D eigenvalue weighted by Gasteiger charge is -2.33. The number of nitrogens with one attached hydrogen (secondary N) is 5. The van der Waals surface area contributed by atoms with E-state index in [1.807, 2.05) is 104 Å². The number of phenols is 1. The van der Waals surface area contributed by atoms with Crippen molar-refractivity contribution in [2.45, 2.75) is 63.6 Å². The van der Waals surface area contributed by atoms with E-state index in [4.69, 9.17) is 0 Å². The minimum atomic E-state index is -1.09. The van der Waals surface area contributed by atoms with Crippen LogP contribution < -0.4 is 26.8 Å². The van der Waals surface area contributed by atoms with E-state index in [9.17, 15) is 34.5 Å². The number of aromatic amines is 1. The molecule has 2 heterocycles. The van der Waals surface area contributed by atoms with Crippen molar-refractivity contribution in [3.8, 4) is 16.9 Å². The fourth-order valence-corrected chi connectivity index (χ4v) is 8.45. The Balaban J connectivity index is 0.832. The van der Waals surface area contributed by atoms with Gasteiger partial charge < -0.3 is 41.2 Å². The van der Waals surface area contributed by atoms with Crippen LogP contribution in [0.4, 0.5) is 16.2 Å². The molecule has 7 rings (SSSR count). The Labute approximate surface area is 366 Å². The molecule has 1 aromatic heterocycles. The molecule has 1 aliphatic heterocycles. The Hall–Kier alpha value is -6.80. The number of phenolic OH excluding ortho intramolecular Hbond substituents is 1. The van der Waals surface area contributed by atoms with E-state index in [1.54, 1.807) is 12.1 Å². The maximum absolute atomic E-state index is 13.1. The first-order valence-corrected chi connectivity index (χ1v) is 21.4. The zero-order valence-electron chi connectivity index (χ0n) is 35.3. The van der Waals surface area contributed by atoms with E-state index in [2.05, 4.69) is 31.2 Å². The average Bonchev–Trinajstić information content (AvgIpc) is 3.27. The maximum Gasteiger partial charge on any atom is 0.409 e. The second-order valence-electron chi connectivity index (χ2n) is 16.3. The van der Waals surface area contributed by atoms with Crippen molar-refractivity contribution in [1.82, 2.24) is 20.5 Å². The predicted molar refractivity (Wildman–Crippen MR) is 246 cm³/mol. The zero-order valence-corrected chi connectivity index (χ0v) is 35.3. The lowest BCUT2D eigenvalue weighted by Crippen LogP contribution is -2.36. The van der Waals surface area contributed by atoms with Crippen LogP contribution in [0.2, 0.25) is 0 Å². The van der Waals surface area contributed by atoms with Crippen molar-refractivity contribution in [2.24, 2.45) is 0 Å². The third kappa shape index (κ3) is 12.0. The molecule has 13 nitrogen and oxygen atoms in total. The number of nitrogens with zero attached hydrogens (tertiary/aromatic N) is 1. The predicted octanol–water partition coefficient (Wildman–Crippen LogP) is 7.31. The van der Waals surface area contributed by atoms with Gasteiger partial charge in [-0.15, -0.1) is 0 Å². The molecule has 2 atom stereocenters. The van der Waals surface area contributed by atoms with E-state index in [1.165, 1.54) is 12.1 Å². The van der Waals surface area contributed by atoms with Gasteiger partial charge in [0.1, 0.15) is 5.75 Å². The second-order valence-corrected chi connectivity index (χ2v) is 16.3. The number of benzene rings is 5. The first-order valence-electron chi connectivity index (χ1n) is 21.4. The number of aliphatic hydroxyl groups is 1. The summed E-state index contributed by atoms with van der Waals surface area (Å²) in [6.45, 7) is 4.85. The van der Waals surface area contributed by atoms with Crippen LogP contribution in [0.3, 0.4) is 0 Å². The number of aromatic hydroxyl groups is 1. The molecule has 1 fully saturated rings. The molecule has 8 N–H and O–H groups in total. The molecule has 5 aromatic carbocycles. The van der Waals surface area contributed by atoms with E-state index >= 15 is 0 Å². The van der Waals surface area contributed by atoms with Gasteiger partial charge in [-0.25, -0.2) is 4.79 Å². The number of hydrogen-bond acceptors (Lipinski definition) is 8. The molecule has 0 saturated carbocycles. The van der Waals surface area contributed by atoms with Crippen molar-refractivity contribution in [2.75, 3.05) is 36.8 Å². The third-order valence-electron chi connectivity index (χ3n) is 11.6. The van der Waals surface area contributed by atoms with Crippen LogP contribution in [-0.2, 0) is 29.0 Å². The highest BCUT2D eigenvalue weighted by Gasteiger charge is 2.25. The summed E-state index contributed by atoms with van der Waals surface area (Å²) in [7, 11) is 0. The fraction of sp³-hybridized carbons (Fsp3) is 0.280. The lowest BCUT2D eigenvalue weighted by molar-refractivity contribution is -0.121. The molecule has 1 unspecified atom stereocenters. The number of anilines is 2. The molecule has 3 amide bonds. The Kier molecular flexibility index (Phi) is 14.6. The molecule has 0 spiro atoms. The first-order chi connectivity index (χ1) is 30.5. The summed E-state index contributed by atoms with van der Waals surface area (Å²) in [4.78, 5) is 54.5. The second kappa shape index (κ2) is 20.8. The Morgan fingerprint density at radius 1 is 0.810 bits per heavy atom. The van der Waals surface area contributed by atoms with Gasteiger partial charge in [-0.3, -0.25) is 19.7 Å². The van der Waals surface area contributed by atoms with Gasteiger partial charge in [0.05, 0.1) is 23.7 Å². The number of pyridine rings is 1. The number of fused-ring (bicyclic) bond motifs is 1. The average molecular weight is 851 g/mol. The van der Waals surface area contributed by atoms with Crippen LogP contribution in [0.15, 0.2) is 126 Å². The highest BCUT2D eigenvalue weighted by Crippen LogP contribution is 2.39. The van der Waals surface area contributed by atoms with E-state index in [0.717, 1.165) is 59.3 Å². The van der Waals surface area contributed by atoms with Gasteiger partial charge in [-0.05, 0) is 103 Å². The SMILES string of the molecule is CC(Cc1cccc(CC(=O)Nc2cccc(CNC(=O)CCN3CCC(c4cccc(-c5ccccc5)c4NC(=O)O)CC3)c2)c1)NC[C@H](O)c1ccc(O)c2[nH]c(=O)ccc12. The normalized spacial score (nSPS) is 14.2. The first kappa shape index (κ1) is 44.3. The highest BCUT2D eigenvalue weighted by molar-refractivity contribution is 5.93. The Morgan fingerprint density at radius 2 is 1.56 bits per heavy atom. The molecule has 1 saturated heterocycles. The number of H-pyrrole nitrogens is 1. The molecule has 326 valence electrons. The van der Waals surface area contributed by atoms with Crippen molar-refractivity contribution in [3.63, 3.8) is 0 Å². The standard InChI is InChI=1S/C50H54N6O7/c1-32(51-31-44(58)41-16-18-43(57)49-42(41)17-19-46(60)54-49)26-33-8-5-9-34(27-33)29-47(61)53-38-13-6-10-35(28-38)30-52-45(59)22-25-56-23-20-37(21-24-56)40-15-7-14-39(48(40)55-50(62)63)36-11-3-2-4-12-36/h2-19,27-28,32,37,44,51,55,57-58H,20-26,29-31H2,1H3,(H,52,59)(H,53,61)(H,54,60)(H,62,63)/t32?,44-/m0/s1. The Bertz CT molecular complexity index is 2610. The topological polar surface area (TPSA) is 196 Å². The number of hydrogen-bond donors (Lipinski definition) is 8. The molecular formula is C50H54N6O7. The van der Waals surface area contributed by atoms with Crippen LogP contribution in [0.25, 0.3) is 22.0 Å². The molecular weight excluding hydrogens is 797 g/mol. The van der Waals surface area contributed by atoms with Gasteiger partial charge in [0.15, 0.2) is 0 Å². The number of piperidine rings is 1. The summed E-state index contributed by atoms with van der Waals surface area (Å²) in [5, 5.41) is 43.4. The molecule has 63 heavy (non-hydrogen) atoms. The highest BCUT2D eigenvalue weighted by atomic mass is 16.4. The molecule has 0 radical (unpaired) electrons. The number of aliphatic hydroxyl groups excluding tert-OH is 1. The monoisotopic (exact) mass is 850 g/mol. The van der Waals surface area contributed by atoms with Gasteiger partial charge in [0.2, 0.25) is 17.4 Å². The van der Waals surface area contributed by atoms with Crippen molar-refractivity contribution < 1.29 is 29.7 Å². The fourth-order valence-electron chi connectivity index (χ4n) is 8.45. The molecule has 0 bridgehead atoms. The van der Waals surface area contributed by atoms with Crippen LogP contribution in [0, 0.1) is 0 Å². The van der Waals surface area contributed by atoms with E-state index in [-0.39, 0.29) is 48.0 Å². The van der Waals surface area contributed by atoms with Crippen molar-refractivity contribution in [1.29, 1.82) is 0 Å². The van der Waals surface area contributed by atoms with Crippen LogP contribution in [0.5, 0.6) is 5.75 Å². The van der Waals surface area contributed by atoms with Crippen LogP contribution in [0.1, 0.15) is 66.0 Å². The summed E-state index contributed by atoms with van der Waals surface area (Å²) in [6.07, 6.45) is 0.956. The summed E-state index contributed by atoms with van der Waals surface area (Å²) in [5.74, 6) is -0.0783. The number of rotatable bonds is 17. The number of carbonyl (C=O) groups is 3. The van der Waals surface area contributed by atoms with E-state index in [0.29, 0.717) is 53.8 Å². The number of carbonyl (C=O) groups excluding carboxylic acids is 2. The number of amides is 3. The summed E-state index contributed by atoms with van der Waals surface area (Å²) < 4.78 is 0. The van der Waals surface area contributed by atoms with Crippen molar-refractivity contribution >= 4 is 40.2 Å². The van der Waals surface area contributed by atoms with Gasteiger partial charge in [0, 0.05) is 54.8 Å². The zero-order chi connectivity index (χ0) is 44.3. The van der Waals surface area contributed by atoms with Gasteiger partial charge >= 0.3 is 6.09 Å². The molecule has 6 aromatic rings. The van der Waals surface area contributed by atoms with Crippen LogP contribution in [-0.4, -0.2) is 75.3 Å². The maximum atomic E-state index is 13.1. The lowest BCUT2D eigenvalue weighted by atomic mass is 9.86. The van der Waals surface area contributed by atoms with Gasteiger partial charge in [-0.2, -0.15) is 0 Å². The minimum Gasteiger partial charge on any atom is -0.506 e. The summed E-state index contributed by atoms with van der Waals surface area (Å²) in [6, 6.07) is 37.1. The van der Waals surface area contributed by atoms with Gasteiger partial charge in [-0.1, -0.05) is 91.0 Å². The smallest absolute Gasteiger partial charge is 0.409 e. The van der Waals surface area contributed by atoms with E-state index < -0.39 is 12.2 Å². The van der Waals surface area contributed by atoms with Crippen LogP contribution >= 0.6 is 0 Å². The molecule has 0 aliphatic carbocycles. The number of likely N-dealkylation sites (tertiary alicyclic amines) is 1. The molecule has 13 heteroatoms. The summed E-state index contributed by atoms with van der Waals surface area (Å²) >= 11 is 0. The molecule has 1 aliphatic rings.